The molecule has 0 aliphatic heterocycles. The van der Waals surface area contributed by atoms with E-state index < -0.39 is 0 Å². The van der Waals surface area contributed by atoms with Gasteiger partial charge in [0.25, 0.3) is 0 Å². The van der Waals surface area contributed by atoms with Crippen LogP contribution in [-0.4, -0.2) is 17.0 Å². The Morgan fingerprint density at radius 2 is 1.90 bits per heavy atom. The minimum atomic E-state index is 0.483. The van der Waals surface area contributed by atoms with Crippen molar-refractivity contribution in [1.29, 1.82) is 0 Å². The van der Waals surface area contributed by atoms with E-state index >= 15 is 0 Å². The van der Waals surface area contributed by atoms with Crippen LogP contribution in [0.4, 0.5) is 5.69 Å². The monoisotopic (exact) mass is 284 g/mol. The van der Waals surface area contributed by atoms with Gasteiger partial charge >= 0.3 is 0 Å². The molecule has 0 atom stereocenters. The number of rotatable bonds is 5. The maximum atomic E-state index is 5.88. The third-order valence-corrected chi connectivity index (χ3v) is 3.58. The summed E-state index contributed by atoms with van der Waals surface area (Å²) < 4.78 is 0. The van der Waals surface area contributed by atoms with Crippen molar-refractivity contribution < 1.29 is 0 Å². The predicted octanol–water partition coefficient (Wildman–Crippen LogP) is 3.53. The molecule has 21 heavy (non-hydrogen) atoms. The molecule has 0 fully saturated rings. The third kappa shape index (κ3) is 3.58. The lowest BCUT2D eigenvalue weighted by Crippen LogP contribution is -2.26. The van der Waals surface area contributed by atoms with Gasteiger partial charge in [-0.1, -0.05) is 27.2 Å². The fourth-order valence-corrected chi connectivity index (χ4v) is 2.36. The number of hydrogen-bond donors (Lipinski definition) is 1. The largest absolute Gasteiger partial charge is 0.312 e. The van der Waals surface area contributed by atoms with E-state index in [9.17, 15) is 0 Å². The van der Waals surface area contributed by atoms with Crippen molar-refractivity contribution in [2.75, 3.05) is 12.1 Å². The molecule has 0 radical (unpaired) electrons. The Bertz CT molecular complexity index is 605. The third-order valence-electron chi connectivity index (χ3n) is 3.58. The highest BCUT2D eigenvalue weighted by Gasteiger charge is 2.10. The number of hydrazine groups is 1. The van der Waals surface area contributed by atoms with Gasteiger partial charge < -0.3 is 5.01 Å². The van der Waals surface area contributed by atoms with Crippen LogP contribution in [0.5, 0.6) is 0 Å². The summed E-state index contributed by atoms with van der Waals surface area (Å²) >= 11 is 0. The lowest BCUT2D eigenvalue weighted by molar-refractivity contribution is 0.863. The van der Waals surface area contributed by atoms with Crippen molar-refractivity contribution in [3.63, 3.8) is 0 Å². The van der Waals surface area contributed by atoms with Gasteiger partial charge in [-0.25, -0.2) is 5.84 Å². The van der Waals surface area contributed by atoms with Crippen molar-refractivity contribution in [3.8, 4) is 11.4 Å². The Labute approximate surface area is 127 Å². The van der Waals surface area contributed by atoms with Crippen molar-refractivity contribution in [3.05, 3.63) is 41.7 Å². The van der Waals surface area contributed by atoms with Crippen LogP contribution in [0.3, 0.4) is 0 Å². The predicted molar refractivity (Wildman–Crippen MR) is 88.1 cm³/mol. The van der Waals surface area contributed by atoms with Crippen LogP contribution in [0.25, 0.3) is 11.4 Å². The standard InChI is InChI=1S/C17H24N4/c1-5-6-14-10-16(20-11-17(14)21(4)18)15-9-13(12(2)3)7-8-19-15/h7-12H,5-6,18H2,1-4H3. The average Bonchev–Trinajstić information content (AvgIpc) is 2.47. The smallest absolute Gasteiger partial charge is 0.0890 e. The highest BCUT2D eigenvalue weighted by Crippen LogP contribution is 2.25. The Morgan fingerprint density at radius 3 is 2.52 bits per heavy atom. The second-order valence-electron chi connectivity index (χ2n) is 5.69. The highest BCUT2D eigenvalue weighted by molar-refractivity contribution is 5.62. The summed E-state index contributed by atoms with van der Waals surface area (Å²) in [5.41, 5.74) is 5.29. The van der Waals surface area contributed by atoms with Crippen molar-refractivity contribution in [2.45, 2.75) is 39.5 Å². The van der Waals surface area contributed by atoms with Crippen molar-refractivity contribution in [2.24, 2.45) is 5.84 Å². The molecule has 2 heterocycles. The fraction of sp³-hybridized carbons (Fsp3) is 0.412. The molecule has 0 spiro atoms. The van der Waals surface area contributed by atoms with Crippen molar-refractivity contribution >= 4 is 5.69 Å². The number of nitrogens with zero attached hydrogens (tertiary/aromatic N) is 3. The molecule has 2 N–H and O–H groups in total. The molecule has 0 aliphatic carbocycles. The molecule has 112 valence electrons. The zero-order valence-electron chi connectivity index (χ0n) is 13.3. The average molecular weight is 284 g/mol. The van der Waals surface area contributed by atoms with Crippen LogP contribution in [-0.2, 0) is 6.42 Å². The maximum Gasteiger partial charge on any atom is 0.0890 e. The van der Waals surface area contributed by atoms with Gasteiger partial charge in [-0.3, -0.25) is 9.97 Å². The minimum Gasteiger partial charge on any atom is -0.312 e. The number of hydrogen-bond acceptors (Lipinski definition) is 4. The van der Waals surface area contributed by atoms with E-state index in [0.29, 0.717) is 5.92 Å². The lowest BCUT2D eigenvalue weighted by atomic mass is 10.0. The van der Waals surface area contributed by atoms with Crippen LogP contribution < -0.4 is 10.9 Å². The molecule has 0 bridgehead atoms. The first-order chi connectivity index (χ1) is 10.0. The van der Waals surface area contributed by atoms with Gasteiger partial charge in [0.2, 0.25) is 0 Å². The summed E-state index contributed by atoms with van der Waals surface area (Å²) in [5.74, 6) is 6.36. The molecule has 0 saturated heterocycles. The van der Waals surface area contributed by atoms with E-state index in [4.69, 9.17) is 5.84 Å². The Hall–Kier alpha value is -1.94. The molecule has 0 unspecified atom stereocenters. The summed E-state index contributed by atoms with van der Waals surface area (Å²) in [5, 5.41) is 1.62. The molecular weight excluding hydrogens is 260 g/mol. The molecular formula is C17H24N4. The van der Waals surface area contributed by atoms with Gasteiger partial charge in [0.05, 0.1) is 23.3 Å². The molecule has 0 amide bonds. The van der Waals surface area contributed by atoms with E-state index in [0.717, 1.165) is 29.9 Å². The van der Waals surface area contributed by atoms with Gasteiger partial charge in [-0.15, -0.1) is 0 Å². The van der Waals surface area contributed by atoms with Crippen LogP contribution >= 0.6 is 0 Å². The number of nitrogens with two attached hydrogens (primary N) is 1. The van der Waals surface area contributed by atoms with Crippen molar-refractivity contribution in [1.82, 2.24) is 9.97 Å². The summed E-state index contributed by atoms with van der Waals surface area (Å²) in [6, 6.07) is 6.28. The zero-order valence-corrected chi connectivity index (χ0v) is 13.3. The van der Waals surface area contributed by atoms with E-state index in [-0.39, 0.29) is 0 Å². The lowest BCUT2D eigenvalue weighted by Gasteiger charge is -2.17. The Kier molecular flexibility index (Phi) is 4.91. The second-order valence-corrected chi connectivity index (χ2v) is 5.69. The summed E-state index contributed by atoms with van der Waals surface area (Å²) in [4.78, 5) is 8.99. The SMILES string of the molecule is CCCc1cc(-c2cc(C(C)C)ccn2)ncc1N(C)N. The Balaban J connectivity index is 2.44. The first-order valence-electron chi connectivity index (χ1n) is 7.46. The zero-order chi connectivity index (χ0) is 15.4. The number of aromatic nitrogens is 2. The van der Waals surface area contributed by atoms with Gasteiger partial charge in [0.1, 0.15) is 0 Å². The summed E-state index contributed by atoms with van der Waals surface area (Å²) in [7, 11) is 1.84. The van der Waals surface area contributed by atoms with Gasteiger partial charge in [0, 0.05) is 13.2 Å². The molecule has 4 nitrogen and oxygen atoms in total. The van der Waals surface area contributed by atoms with E-state index in [1.807, 2.05) is 19.4 Å². The van der Waals surface area contributed by atoms with Crippen LogP contribution in [0.1, 0.15) is 44.2 Å². The molecule has 2 rings (SSSR count). The van der Waals surface area contributed by atoms with Gasteiger partial charge in [-0.05, 0) is 41.7 Å². The molecule has 0 aromatic carbocycles. The molecule has 2 aromatic rings. The molecule has 0 aliphatic rings. The quantitative estimate of drug-likeness (QED) is 0.674. The first kappa shape index (κ1) is 15.4. The van der Waals surface area contributed by atoms with Crippen LogP contribution in [0.2, 0.25) is 0 Å². The first-order valence-corrected chi connectivity index (χ1v) is 7.46. The summed E-state index contributed by atoms with van der Waals surface area (Å²) in [6.45, 7) is 6.53. The fourth-order valence-electron chi connectivity index (χ4n) is 2.36. The van der Waals surface area contributed by atoms with Gasteiger partial charge in [-0.2, -0.15) is 0 Å². The normalized spacial score (nSPS) is 11.0. The molecule has 0 saturated carbocycles. The van der Waals surface area contributed by atoms with E-state index in [1.54, 1.807) is 5.01 Å². The van der Waals surface area contributed by atoms with Crippen LogP contribution in [0.15, 0.2) is 30.6 Å². The second kappa shape index (κ2) is 6.68. The molecule has 2 aromatic heterocycles. The van der Waals surface area contributed by atoms with E-state index in [2.05, 4.69) is 48.9 Å². The highest BCUT2D eigenvalue weighted by atomic mass is 15.4. The van der Waals surface area contributed by atoms with E-state index in [1.165, 1.54) is 11.1 Å². The van der Waals surface area contributed by atoms with Crippen LogP contribution in [0, 0.1) is 0 Å². The number of anilines is 1. The minimum absolute atomic E-state index is 0.483. The number of pyridine rings is 2. The summed E-state index contributed by atoms with van der Waals surface area (Å²) in [6.07, 6.45) is 5.75. The van der Waals surface area contributed by atoms with Gasteiger partial charge in [0.15, 0.2) is 0 Å². The molecule has 4 heteroatoms. The topological polar surface area (TPSA) is 55.0 Å². The Morgan fingerprint density at radius 1 is 1.19 bits per heavy atom. The maximum absolute atomic E-state index is 5.88. The number of aryl methyl sites for hydroxylation is 1.